The van der Waals surface area contributed by atoms with Gasteiger partial charge in [0.05, 0.1) is 13.2 Å². The molecule has 1 aromatic carbocycles. The van der Waals surface area contributed by atoms with E-state index in [-0.39, 0.29) is 5.91 Å². The molecule has 122 valence electrons. The Morgan fingerprint density at radius 1 is 1.18 bits per heavy atom. The van der Waals surface area contributed by atoms with Gasteiger partial charge in [0.2, 0.25) is 5.91 Å². The maximum Gasteiger partial charge on any atom is 0.220 e. The number of ether oxygens (including phenoxy) is 1. The largest absolute Gasteiger partial charge is 0.379 e. The molecule has 0 atom stereocenters. The Bertz CT molecular complexity index is 444. The van der Waals surface area contributed by atoms with Crippen LogP contribution in [0.3, 0.4) is 0 Å². The van der Waals surface area contributed by atoms with E-state index in [0.29, 0.717) is 6.42 Å². The first-order chi connectivity index (χ1) is 10.7. The number of halogens is 1. The molecule has 0 radical (unpaired) electrons. The quantitative estimate of drug-likeness (QED) is 0.747. The molecule has 1 aliphatic rings. The average molecular weight is 325 g/mol. The summed E-state index contributed by atoms with van der Waals surface area (Å²) in [6.07, 6.45) is 3.37. The number of carbonyl (C=O) groups is 1. The number of morpholine rings is 1. The third kappa shape index (κ3) is 6.77. The van der Waals surface area contributed by atoms with Crippen molar-refractivity contribution >= 4 is 17.5 Å². The van der Waals surface area contributed by atoms with Crippen molar-refractivity contribution in [2.24, 2.45) is 0 Å². The molecule has 0 aromatic heterocycles. The van der Waals surface area contributed by atoms with Crippen molar-refractivity contribution < 1.29 is 9.53 Å². The van der Waals surface area contributed by atoms with Gasteiger partial charge in [0, 0.05) is 31.1 Å². The zero-order valence-electron chi connectivity index (χ0n) is 13.0. The van der Waals surface area contributed by atoms with Gasteiger partial charge in [-0.15, -0.1) is 0 Å². The molecule has 4 nitrogen and oxygen atoms in total. The Morgan fingerprint density at radius 2 is 1.91 bits per heavy atom. The highest BCUT2D eigenvalue weighted by molar-refractivity contribution is 6.30. The fourth-order valence-corrected chi connectivity index (χ4v) is 2.67. The van der Waals surface area contributed by atoms with E-state index in [4.69, 9.17) is 16.3 Å². The molecule has 0 bridgehead atoms. The number of rotatable bonds is 8. The molecule has 1 aliphatic heterocycles. The fourth-order valence-electron chi connectivity index (χ4n) is 2.55. The lowest BCUT2D eigenvalue weighted by atomic mass is 10.1. The molecular weight excluding hydrogens is 300 g/mol. The first-order valence-corrected chi connectivity index (χ1v) is 8.43. The van der Waals surface area contributed by atoms with Crippen molar-refractivity contribution in [1.82, 2.24) is 10.2 Å². The van der Waals surface area contributed by atoms with Gasteiger partial charge in [0.25, 0.3) is 0 Å². The summed E-state index contributed by atoms with van der Waals surface area (Å²) in [7, 11) is 0. The number of amides is 1. The van der Waals surface area contributed by atoms with E-state index in [2.05, 4.69) is 10.2 Å². The average Bonchev–Trinajstić information content (AvgIpc) is 2.54. The molecule has 0 saturated carbocycles. The molecule has 0 unspecified atom stereocenters. The summed E-state index contributed by atoms with van der Waals surface area (Å²) < 4.78 is 5.31. The highest BCUT2D eigenvalue weighted by Crippen LogP contribution is 2.11. The first-order valence-electron chi connectivity index (χ1n) is 8.05. The van der Waals surface area contributed by atoms with Gasteiger partial charge in [-0.05, 0) is 43.5 Å². The highest BCUT2D eigenvalue weighted by Gasteiger charge is 2.09. The summed E-state index contributed by atoms with van der Waals surface area (Å²) in [5.74, 6) is 0.149. The summed E-state index contributed by atoms with van der Waals surface area (Å²) in [5, 5.41) is 3.75. The molecule has 1 N–H and O–H groups in total. The van der Waals surface area contributed by atoms with E-state index in [9.17, 15) is 4.79 Å². The SMILES string of the molecule is O=C(CCCc1ccc(Cl)cc1)NCCCN1CCOCC1. The second-order valence-corrected chi connectivity index (χ2v) is 6.07. The lowest BCUT2D eigenvalue weighted by Gasteiger charge is -2.26. The second-order valence-electron chi connectivity index (χ2n) is 5.64. The number of hydrogen-bond acceptors (Lipinski definition) is 3. The summed E-state index contributed by atoms with van der Waals surface area (Å²) in [6, 6.07) is 7.82. The number of nitrogens with zero attached hydrogens (tertiary/aromatic N) is 1. The zero-order valence-corrected chi connectivity index (χ0v) is 13.8. The lowest BCUT2D eigenvalue weighted by Crippen LogP contribution is -2.38. The van der Waals surface area contributed by atoms with E-state index in [1.165, 1.54) is 5.56 Å². The van der Waals surface area contributed by atoms with Gasteiger partial charge in [-0.25, -0.2) is 0 Å². The number of benzene rings is 1. The van der Waals surface area contributed by atoms with Crippen LogP contribution in [0.25, 0.3) is 0 Å². The van der Waals surface area contributed by atoms with Gasteiger partial charge < -0.3 is 10.1 Å². The van der Waals surface area contributed by atoms with Crippen LogP contribution in [0.2, 0.25) is 5.02 Å². The molecule has 0 spiro atoms. The molecule has 1 saturated heterocycles. The highest BCUT2D eigenvalue weighted by atomic mass is 35.5. The molecule has 1 heterocycles. The second kappa shape index (κ2) is 9.82. The number of hydrogen-bond donors (Lipinski definition) is 1. The van der Waals surface area contributed by atoms with Gasteiger partial charge in [0.1, 0.15) is 0 Å². The van der Waals surface area contributed by atoms with Crippen LogP contribution in [0.15, 0.2) is 24.3 Å². The monoisotopic (exact) mass is 324 g/mol. The minimum atomic E-state index is 0.149. The van der Waals surface area contributed by atoms with Crippen LogP contribution < -0.4 is 5.32 Å². The predicted molar refractivity (Wildman–Crippen MR) is 89.3 cm³/mol. The molecular formula is C17H25ClN2O2. The maximum atomic E-state index is 11.8. The molecule has 2 rings (SSSR count). The standard InChI is InChI=1S/C17H25ClN2O2/c18-16-7-5-15(6-8-16)3-1-4-17(21)19-9-2-10-20-11-13-22-14-12-20/h5-8H,1-4,9-14H2,(H,19,21). The van der Waals surface area contributed by atoms with Gasteiger partial charge in [-0.3, -0.25) is 9.69 Å². The van der Waals surface area contributed by atoms with Crippen LogP contribution in [0.4, 0.5) is 0 Å². The third-order valence-electron chi connectivity index (χ3n) is 3.86. The van der Waals surface area contributed by atoms with E-state index < -0.39 is 0 Å². The van der Waals surface area contributed by atoms with Crippen LogP contribution in [0.1, 0.15) is 24.8 Å². The van der Waals surface area contributed by atoms with Crippen LogP contribution in [-0.4, -0.2) is 50.2 Å². The van der Waals surface area contributed by atoms with Crippen molar-refractivity contribution in [3.05, 3.63) is 34.9 Å². The van der Waals surface area contributed by atoms with Crippen molar-refractivity contribution in [3.8, 4) is 0 Å². The van der Waals surface area contributed by atoms with Crippen LogP contribution in [0.5, 0.6) is 0 Å². The molecule has 22 heavy (non-hydrogen) atoms. The molecule has 1 fully saturated rings. The Labute approximate surface area is 137 Å². The lowest BCUT2D eigenvalue weighted by molar-refractivity contribution is -0.121. The Kier molecular flexibility index (Phi) is 7.71. The summed E-state index contributed by atoms with van der Waals surface area (Å²) in [5.41, 5.74) is 1.23. The zero-order chi connectivity index (χ0) is 15.6. The fraction of sp³-hybridized carbons (Fsp3) is 0.588. The van der Waals surface area contributed by atoms with Gasteiger partial charge >= 0.3 is 0 Å². The van der Waals surface area contributed by atoms with Crippen molar-refractivity contribution in [1.29, 1.82) is 0 Å². The summed E-state index contributed by atoms with van der Waals surface area (Å²) in [4.78, 5) is 14.2. The van der Waals surface area contributed by atoms with E-state index in [1.807, 2.05) is 24.3 Å². The van der Waals surface area contributed by atoms with Crippen LogP contribution >= 0.6 is 11.6 Å². The minimum absolute atomic E-state index is 0.149. The van der Waals surface area contributed by atoms with Crippen molar-refractivity contribution in [2.45, 2.75) is 25.7 Å². The van der Waals surface area contributed by atoms with Crippen molar-refractivity contribution in [3.63, 3.8) is 0 Å². The van der Waals surface area contributed by atoms with Gasteiger partial charge in [0.15, 0.2) is 0 Å². The van der Waals surface area contributed by atoms with E-state index in [0.717, 1.165) is 63.7 Å². The first kappa shape index (κ1) is 17.3. The number of aryl methyl sites for hydroxylation is 1. The molecule has 5 heteroatoms. The minimum Gasteiger partial charge on any atom is -0.379 e. The van der Waals surface area contributed by atoms with Crippen LogP contribution in [-0.2, 0) is 16.0 Å². The van der Waals surface area contributed by atoms with Crippen LogP contribution in [0, 0.1) is 0 Å². The Balaban J connectivity index is 1.49. The topological polar surface area (TPSA) is 41.6 Å². The normalized spacial score (nSPS) is 15.7. The Morgan fingerprint density at radius 3 is 2.64 bits per heavy atom. The maximum absolute atomic E-state index is 11.8. The van der Waals surface area contributed by atoms with E-state index >= 15 is 0 Å². The van der Waals surface area contributed by atoms with Gasteiger partial charge in [-0.2, -0.15) is 0 Å². The molecule has 1 aromatic rings. The molecule has 1 amide bonds. The molecule has 0 aliphatic carbocycles. The third-order valence-corrected chi connectivity index (χ3v) is 4.11. The van der Waals surface area contributed by atoms with Gasteiger partial charge in [-0.1, -0.05) is 23.7 Å². The Hall–Kier alpha value is -1.10. The smallest absolute Gasteiger partial charge is 0.220 e. The number of nitrogens with one attached hydrogen (secondary N) is 1. The number of carbonyl (C=O) groups excluding carboxylic acids is 1. The predicted octanol–water partition coefficient (Wildman–Crippen LogP) is 2.50. The van der Waals surface area contributed by atoms with Crippen molar-refractivity contribution in [2.75, 3.05) is 39.4 Å². The summed E-state index contributed by atoms with van der Waals surface area (Å²) >= 11 is 5.85. The van der Waals surface area contributed by atoms with E-state index in [1.54, 1.807) is 0 Å². The summed E-state index contributed by atoms with van der Waals surface area (Å²) in [6.45, 7) is 5.48.